The molecule has 2 aromatic heterocycles. The van der Waals surface area contributed by atoms with Crippen molar-refractivity contribution in [3.8, 4) is 5.75 Å². The van der Waals surface area contributed by atoms with Crippen LogP contribution in [0.5, 0.6) is 5.75 Å². The van der Waals surface area contributed by atoms with E-state index in [0.29, 0.717) is 18.8 Å². The average molecular weight is 307 g/mol. The Kier molecular flexibility index (Phi) is 3.08. The van der Waals surface area contributed by atoms with Crippen molar-refractivity contribution in [2.75, 3.05) is 6.54 Å². The third kappa shape index (κ3) is 2.34. The molecule has 5 nitrogen and oxygen atoms in total. The first-order chi connectivity index (χ1) is 11.1. The largest absolute Gasteiger partial charge is 0.508 e. The summed E-state index contributed by atoms with van der Waals surface area (Å²) in [6, 6.07) is 11.1. The maximum absolute atomic E-state index is 12.8. The number of aromatic nitrogens is 2. The molecule has 1 aromatic carbocycles. The zero-order valence-corrected chi connectivity index (χ0v) is 12.9. The highest BCUT2D eigenvalue weighted by Gasteiger charge is 2.23. The molecule has 0 spiro atoms. The van der Waals surface area contributed by atoms with Gasteiger partial charge in [-0.05, 0) is 47.9 Å². The summed E-state index contributed by atoms with van der Waals surface area (Å²) in [5, 5.41) is 10.7. The van der Waals surface area contributed by atoms with Gasteiger partial charge < -0.3 is 14.6 Å². The van der Waals surface area contributed by atoms with Crippen molar-refractivity contribution < 1.29 is 9.90 Å². The maximum Gasteiger partial charge on any atom is 0.272 e. The van der Waals surface area contributed by atoms with Crippen LogP contribution in [0.2, 0.25) is 0 Å². The van der Waals surface area contributed by atoms with E-state index >= 15 is 0 Å². The number of amides is 1. The van der Waals surface area contributed by atoms with Crippen molar-refractivity contribution in [1.29, 1.82) is 0 Å². The Labute approximate surface area is 133 Å². The summed E-state index contributed by atoms with van der Waals surface area (Å²) in [6.45, 7) is 1.18. The highest BCUT2D eigenvalue weighted by Crippen LogP contribution is 2.24. The Morgan fingerprint density at radius 1 is 1.17 bits per heavy atom. The van der Waals surface area contributed by atoms with Crippen molar-refractivity contribution in [3.05, 3.63) is 59.4 Å². The first kappa shape index (κ1) is 13.8. The summed E-state index contributed by atoms with van der Waals surface area (Å²) in [5.74, 6) is 0.170. The fourth-order valence-electron chi connectivity index (χ4n) is 3.13. The topological polar surface area (TPSA) is 58.4 Å². The molecule has 116 valence electrons. The van der Waals surface area contributed by atoms with Crippen LogP contribution < -0.4 is 0 Å². The van der Waals surface area contributed by atoms with Gasteiger partial charge >= 0.3 is 0 Å². The number of pyridine rings is 1. The molecule has 3 heterocycles. The van der Waals surface area contributed by atoms with E-state index in [1.807, 2.05) is 36.0 Å². The monoisotopic (exact) mass is 307 g/mol. The van der Waals surface area contributed by atoms with Gasteiger partial charge in [0.25, 0.3) is 5.91 Å². The number of aromatic hydroxyl groups is 1. The minimum absolute atomic E-state index is 0.0675. The van der Waals surface area contributed by atoms with E-state index in [0.717, 1.165) is 23.0 Å². The molecule has 3 aromatic rings. The van der Waals surface area contributed by atoms with Gasteiger partial charge in [-0.3, -0.25) is 4.79 Å². The quantitative estimate of drug-likeness (QED) is 0.751. The number of fused-ring (bicyclic) bond motifs is 2. The van der Waals surface area contributed by atoms with Gasteiger partial charge in [-0.25, -0.2) is 4.98 Å². The number of phenolic OH excluding ortho intramolecular Hbond substituents is 1. The molecule has 0 saturated heterocycles. The van der Waals surface area contributed by atoms with Crippen LogP contribution in [0.25, 0.3) is 11.0 Å². The second kappa shape index (κ2) is 5.12. The van der Waals surface area contributed by atoms with E-state index in [9.17, 15) is 9.90 Å². The molecule has 0 atom stereocenters. The van der Waals surface area contributed by atoms with Crippen molar-refractivity contribution in [2.24, 2.45) is 7.05 Å². The van der Waals surface area contributed by atoms with Crippen molar-refractivity contribution in [3.63, 3.8) is 0 Å². The second-order valence-corrected chi connectivity index (χ2v) is 5.97. The number of carbonyl (C=O) groups excluding carboxylic acids is 1. The molecule has 0 aliphatic carbocycles. The molecule has 5 heteroatoms. The molecule has 23 heavy (non-hydrogen) atoms. The number of benzene rings is 1. The van der Waals surface area contributed by atoms with Crippen LogP contribution in [0, 0.1) is 0 Å². The van der Waals surface area contributed by atoms with E-state index < -0.39 is 0 Å². The van der Waals surface area contributed by atoms with E-state index in [4.69, 9.17) is 0 Å². The highest BCUT2D eigenvalue weighted by molar-refractivity contribution is 5.94. The lowest BCUT2D eigenvalue weighted by Gasteiger charge is -2.28. The molecular formula is C18H17N3O2. The standard InChI is InChI=1S/C18H17N3O2/c1-20-8-6-13-3-5-16(19-17(13)20)18(23)21-9-7-12-2-4-15(22)10-14(12)11-21/h2-6,8,10,22H,7,9,11H2,1H3. The van der Waals surface area contributed by atoms with E-state index in [2.05, 4.69) is 4.98 Å². The SMILES string of the molecule is Cn1ccc2ccc(C(=O)N3CCc4ccc(O)cc4C3)nc21. The molecule has 1 amide bonds. The predicted molar refractivity (Wildman–Crippen MR) is 87.3 cm³/mol. The Bertz CT molecular complexity index is 914. The number of nitrogens with zero attached hydrogens (tertiary/aromatic N) is 3. The normalized spacial score (nSPS) is 14.0. The summed E-state index contributed by atoms with van der Waals surface area (Å²) in [7, 11) is 1.92. The van der Waals surface area contributed by atoms with Gasteiger partial charge in [-0.1, -0.05) is 6.07 Å². The highest BCUT2D eigenvalue weighted by atomic mass is 16.3. The Balaban J connectivity index is 1.64. The van der Waals surface area contributed by atoms with Gasteiger partial charge in [0.2, 0.25) is 0 Å². The minimum atomic E-state index is -0.0675. The lowest BCUT2D eigenvalue weighted by molar-refractivity contribution is 0.0729. The van der Waals surface area contributed by atoms with E-state index in [-0.39, 0.29) is 11.7 Å². The maximum atomic E-state index is 12.8. The molecule has 0 unspecified atom stereocenters. The summed E-state index contributed by atoms with van der Waals surface area (Å²) in [4.78, 5) is 19.1. The van der Waals surface area contributed by atoms with Gasteiger partial charge in [0.1, 0.15) is 17.1 Å². The van der Waals surface area contributed by atoms with Crippen LogP contribution in [0.4, 0.5) is 0 Å². The number of hydrogen-bond acceptors (Lipinski definition) is 3. The number of rotatable bonds is 1. The number of aryl methyl sites for hydroxylation is 1. The number of phenols is 1. The molecule has 1 N–H and O–H groups in total. The molecule has 0 radical (unpaired) electrons. The molecule has 1 aliphatic heterocycles. The lowest BCUT2D eigenvalue weighted by Crippen LogP contribution is -2.36. The van der Waals surface area contributed by atoms with E-state index in [1.54, 1.807) is 23.1 Å². The van der Waals surface area contributed by atoms with Crippen LogP contribution in [0.3, 0.4) is 0 Å². The fourth-order valence-corrected chi connectivity index (χ4v) is 3.13. The molecule has 4 rings (SSSR count). The minimum Gasteiger partial charge on any atom is -0.508 e. The zero-order valence-electron chi connectivity index (χ0n) is 12.9. The molecule has 0 bridgehead atoms. The fraction of sp³-hybridized carbons (Fsp3) is 0.222. The van der Waals surface area contributed by atoms with E-state index in [1.165, 1.54) is 5.56 Å². The van der Waals surface area contributed by atoms with Crippen LogP contribution >= 0.6 is 0 Å². The third-order valence-electron chi connectivity index (χ3n) is 4.43. The van der Waals surface area contributed by atoms with Gasteiger partial charge in [0, 0.05) is 31.7 Å². The smallest absolute Gasteiger partial charge is 0.272 e. The van der Waals surface area contributed by atoms with Crippen molar-refractivity contribution in [1.82, 2.24) is 14.5 Å². The number of hydrogen-bond donors (Lipinski definition) is 1. The molecular weight excluding hydrogens is 290 g/mol. The summed E-state index contributed by atoms with van der Waals surface area (Å²) >= 11 is 0. The first-order valence-corrected chi connectivity index (χ1v) is 7.64. The van der Waals surface area contributed by atoms with Crippen LogP contribution in [-0.2, 0) is 20.0 Å². The Hall–Kier alpha value is -2.82. The van der Waals surface area contributed by atoms with Crippen LogP contribution in [-0.4, -0.2) is 32.0 Å². The van der Waals surface area contributed by atoms with Gasteiger partial charge in [-0.2, -0.15) is 0 Å². The summed E-state index contributed by atoms with van der Waals surface area (Å²) in [6.07, 6.45) is 2.74. The Morgan fingerprint density at radius 3 is 2.91 bits per heavy atom. The third-order valence-corrected chi connectivity index (χ3v) is 4.43. The van der Waals surface area contributed by atoms with Gasteiger partial charge in [0.15, 0.2) is 0 Å². The van der Waals surface area contributed by atoms with Crippen LogP contribution in [0.15, 0.2) is 42.6 Å². The molecule has 0 saturated carbocycles. The zero-order chi connectivity index (χ0) is 16.0. The summed E-state index contributed by atoms with van der Waals surface area (Å²) in [5.41, 5.74) is 3.47. The summed E-state index contributed by atoms with van der Waals surface area (Å²) < 4.78 is 1.91. The van der Waals surface area contributed by atoms with Crippen LogP contribution in [0.1, 0.15) is 21.6 Å². The first-order valence-electron chi connectivity index (χ1n) is 7.64. The molecule has 0 fully saturated rings. The van der Waals surface area contributed by atoms with Crippen molar-refractivity contribution in [2.45, 2.75) is 13.0 Å². The average Bonchev–Trinajstić information content (AvgIpc) is 2.94. The predicted octanol–water partition coefficient (Wildman–Crippen LogP) is 2.48. The Morgan fingerprint density at radius 2 is 2.04 bits per heavy atom. The van der Waals surface area contributed by atoms with Gasteiger partial charge in [-0.15, -0.1) is 0 Å². The second-order valence-electron chi connectivity index (χ2n) is 5.97. The molecule has 1 aliphatic rings. The van der Waals surface area contributed by atoms with Crippen molar-refractivity contribution >= 4 is 16.9 Å². The number of carbonyl (C=O) groups is 1. The lowest BCUT2D eigenvalue weighted by atomic mass is 9.99. The van der Waals surface area contributed by atoms with Gasteiger partial charge in [0.05, 0.1) is 0 Å².